The second-order valence-corrected chi connectivity index (χ2v) is 8.03. The Hall–Kier alpha value is -2.33. The molecule has 2 aliphatic rings. The minimum Gasteiger partial charge on any atom is -0.453 e. The highest BCUT2D eigenvalue weighted by atomic mass is 32.2. The third-order valence-electron chi connectivity index (χ3n) is 5.48. The van der Waals surface area contributed by atoms with Gasteiger partial charge in [-0.3, -0.25) is 14.6 Å². The molecule has 2 saturated heterocycles. The number of likely N-dealkylation sites (tertiary alicyclic amines) is 1. The number of amides is 3. The summed E-state index contributed by atoms with van der Waals surface area (Å²) in [6.45, 7) is 2.16. The number of piperidine rings is 1. The third-order valence-corrected chi connectivity index (χ3v) is 6.45. The van der Waals surface area contributed by atoms with Gasteiger partial charge in [0.2, 0.25) is 0 Å². The molecule has 3 amide bonds. The Bertz CT molecular complexity index is 870. The van der Waals surface area contributed by atoms with E-state index < -0.39 is 5.54 Å². The van der Waals surface area contributed by atoms with Gasteiger partial charge < -0.3 is 13.9 Å². The first-order valence-corrected chi connectivity index (χ1v) is 9.61. The number of hydrogen-bond donors (Lipinski definition) is 0. The van der Waals surface area contributed by atoms with Gasteiger partial charge in [-0.15, -0.1) is 10.2 Å². The summed E-state index contributed by atoms with van der Waals surface area (Å²) >= 11 is 1.43. The minimum atomic E-state index is -0.683. The largest absolute Gasteiger partial charge is 0.453 e. The van der Waals surface area contributed by atoms with Gasteiger partial charge in [-0.25, -0.2) is 4.79 Å². The lowest BCUT2D eigenvalue weighted by molar-refractivity contribution is -0.134. The molecule has 2 aliphatic heterocycles. The van der Waals surface area contributed by atoms with Crippen molar-refractivity contribution in [1.82, 2.24) is 29.5 Å². The molecule has 0 aromatic carbocycles. The molecule has 0 radical (unpaired) electrons. The van der Waals surface area contributed by atoms with E-state index in [1.807, 2.05) is 23.7 Å². The summed E-state index contributed by atoms with van der Waals surface area (Å²) in [4.78, 5) is 29.8. The summed E-state index contributed by atoms with van der Waals surface area (Å²) in [7, 11) is 5.17. The van der Waals surface area contributed by atoms with Crippen molar-refractivity contribution in [2.24, 2.45) is 7.05 Å². The molecule has 1 spiro atoms. The van der Waals surface area contributed by atoms with Crippen LogP contribution in [0.25, 0.3) is 0 Å². The summed E-state index contributed by atoms with van der Waals surface area (Å²) in [5.74, 6) is 0.782. The van der Waals surface area contributed by atoms with E-state index in [0.29, 0.717) is 19.4 Å². The van der Waals surface area contributed by atoms with E-state index in [9.17, 15) is 9.59 Å². The molecule has 2 aromatic rings. The maximum Gasteiger partial charge on any atom is 0.327 e. The summed E-state index contributed by atoms with van der Waals surface area (Å²) in [5.41, 5.74) is -0.683. The fourth-order valence-corrected chi connectivity index (χ4v) is 4.50. The number of aromatic nitrogens is 3. The zero-order valence-electron chi connectivity index (χ0n) is 15.6. The lowest BCUT2D eigenvalue weighted by Gasteiger charge is -2.40. The molecule has 0 aliphatic carbocycles. The number of aryl methyl sites for hydroxylation is 1. The van der Waals surface area contributed by atoms with Crippen LogP contribution in [0.4, 0.5) is 4.79 Å². The first-order chi connectivity index (χ1) is 12.9. The van der Waals surface area contributed by atoms with Gasteiger partial charge in [-0.2, -0.15) is 0 Å². The zero-order valence-corrected chi connectivity index (χ0v) is 16.4. The van der Waals surface area contributed by atoms with Crippen molar-refractivity contribution in [3.8, 4) is 0 Å². The number of imide groups is 1. The van der Waals surface area contributed by atoms with Crippen LogP contribution in [0.1, 0.15) is 18.6 Å². The van der Waals surface area contributed by atoms with Crippen LogP contribution in [-0.4, -0.2) is 74.1 Å². The molecule has 2 fully saturated rings. The highest BCUT2D eigenvalue weighted by molar-refractivity contribution is 7.99. The van der Waals surface area contributed by atoms with E-state index >= 15 is 0 Å². The van der Waals surface area contributed by atoms with E-state index in [1.165, 1.54) is 16.7 Å². The van der Waals surface area contributed by atoms with Crippen molar-refractivity contribution in [2.45, 2.75) is 35.2 Å². The number of nitrogens with zero attached hydrogens (tertiary/aromatic N) is 6. The predicted octanol–water partition coefficient (Wildman–Crippen LogP) is 1.42. The molecular formula is C17H22N6O3S. The average Bonchev–Trinajstić information content (AvgIpc) is 3.32. The Balaban J connectivity index is 1.37. The Morgan fingerprint density at radius 3 is 2.52 bits per heavy atom. The van der Waals surface area contributed by atoms with Crippen molar-refractivity contribution >= 4 is 23.7 Å². The smallest absolute Gasteiger partial charge is 0.327 e. The van der Waals surface area contributed by atoms with E-state index in [4.69, 9.17) is 4.42 Å². The van der Waals surface area contributed by atoms with Gasteiger partial charge in [-0.05, 0) is 36.7 Å². The van der Waals surface area contributed by atoms with Crippen LogP contribution in [-0.2, 0) is 18.4 Å². The Morgan fingerprint density at radius 1 is 1.19 bits per heavy atom. The van der Waals surface area contributed by atoms with Crippen molar-refractivity contribution in [3.05, 3.63) is 24.2 Å². The molecule has 0 bridgehead atoms. The summed E-state index contributed by atoms with van der Waals surface area (Å²) < 4.78 is 7.75. The van der Waals surface area contributed by atoms with E-state index in [1.54, 1.807) is 25.3 Å². The zero-order chi connectivity index (χ0) is 19.2. The molecule has 9 nitrogen and oxygen atoms in total. The fourth-order valence-electron chi connectivity index (χ4n) is 3.75. The van der Waals surface area contributed by atoms with Gasteiger partial charge >= 0.3 is 6.03 Å². The number of furan rings is 1. The Labute approximate surface area is 161 Å². The molecule has 0 atom stereocenters. The quantitative estimate of drug-likeness (QED) is 0.730. The number of carbonyl (C=O) groups excluding carboxylic acids is 2. The number of urea groups is 1. The van der Waals surface area contributed by atoms with Crippen molar-refractivity contribution < 1.29 is 14.0 Å². The highest BCUT2D eigenvalue weighted by Crippen LogP contribution is 2.36. The molecule has 0 N–H and O–H groups in total. The van der Waals surface area contributed by atoms with Crippen LogP contribution in [0.5, 0.6) is 0 Å². The first-order valence-electron chi connectivity index (χ1n) is 8.79. The maximum absolute atomic E-state index is 12.6. The van der Waals surface area contributed by atoms with Crippen LogP contribution in [0, 0.1) is 0 Å². The monoisotopic (exact) mass is 390 g/mol. The molecule has 4 rings (SSSR count). The van der Waals surface area contributed by atoms with Gasteiger partial charge in [-0.1, -0.05) is 0 Å². The summed E-state index contributed by atoms with van der Waals surface area (Å²) in [6.07, 6.45) is 2.93. The van der Waals surface area contributed by atoms with Crippen LogP contribution in [0.3, 0.4) is 0 Å². The Kier molecular flexibility index (Phi) is 4.47. The number of likely N-dealkylation sites (N-methyl/N-ethyl adjacent to an activating group) is 2. The second-order valence-electron chi connectivity index (χ2n) is 7.06. The molecule has 10 heteroatoms. The van der Waals surface area contributed by atoms with Gasteiger partial charge in [0.25, 0.3) is 5.91 Å². The summed E-state index contributed by atoms with van der Waals surface area (Å²) in [5, 5.41) is 9.44. The molecule has 0 saturated carbocycles. The predicted molar refractivity (Wildman–Crippen MR) is 97.0 cm³/mol. The number of carbonyl (C=O) groups is 2. The number of rotatable bonds is 4. The summed E-state index contributed by atoms with van der Waals surface area (Å²) in [6, 6.07) is 3.68. The van der Waals surface area contributed by atoms with Gasteiger partial charge in [0.05, 0.1) is 6.54 Å². The van der Waals surface area contributed by atoms with E-state index in [2.05, 4.69) is 15.1 Å². The van der Waals surface area contributed by atoms with Crippen LogP contribution >= 0.6 is 11.8 Å². The molecule has 27 heavy (non-hydrogen) atoms. The topological polar surface area (TPSA) is 87.7 Å². The lowest BCUT2D eigenvalue weighted by Crippen LogP contribution is -2.55. The second kappa shape index (κ2) is 6.68. The van der Waals surface area contributed by atoms with Crippen molar-refractivity contribution in [2.75, 3.05) is 27.2 Å². The molecular weight excluding hydrogens is 368 g/mol. The van der Waals surface area contributed by atoms with Crippen molar-refractivity contribution in [3.63, 3.8) is 0 Å². The van der Waals surface area contributed by atoms with E-state index in [-0.39, 0.29) is 11.9 Å². The molecule has 0 unspecified atom stereocenters. The van der Waals surface area contributed by atoms with Crippen molar-refractivity contribution in [1.29, 1.82) is 0 Å². The molecule has 144 valence electrons. The SMILES string of the molecule is CN1C(=O)N(C)C2(CCN(Cc3ccc(Sc4nncn4C)o3)CC2)C1=O. The van der Waals surface area contributed by atoms with E-state index in [0.717, 1.165) is 29.1 Å². The van der Waals surface area contributed by atoms with Gasteiger partial charge in [0.15, 0.2) is 10.2 Å². The minimum absolute atomic E-state index is 0.0880. The highest BCUT2D eigenvalue weighted by Gasteiger charge is 2.55. The van der Waals surface area contributed by atoms with Crippen LogP contribution in [0.15, 0.2) is 33.1 Å². The third kappa shape index (κ3) is 3.02. The van der Waals surface area contributed by atoms with Crippen LogP contribution < -0.4 is 0 Å². The molecule has 4 heterocycles. The average molecular weight is 390 g/mol. The van der Waals surface area contributed by atoms with Gasteiger partial charge in [0.1, 0.15) is 17.6 Å². The maximum atomic E-state index is 12.6. The first kappa shape index (κ1) is 18.1. The lowest BCUT2D eigenvalue weighted by atomic mass is 9.86. The standard InChI is InChI=1S/C17H22N6O3S/c1-20-11-18-19-15(20)27-13-5-4-12(26-13)10-23-8-6-17(7-9-23)14(24)21(2)16(25)22(17)3/h4-5,11H,6-10H2,1-3H3. The normalized spacial score (nSPS) is 20.3. The fraction of sp³-hybridized carbons (Fsp3) is 0.529. The number of hydrogen-bond acceptors (Lipinski definition) is 7. The van der Waals surface area contributed by atoms with Crippen LogP contribution in [0.2, 0.25) is 0 Å². The Morgan fingerprint density at radius 2 is 1.93 bits per heavy atom. The van der Waals surface area contributed by atoms with Gasteiger partial charge in [0, 0.05) is 34.2 Å². The molecule has 2 aromatic heterocycles.